The van der Waals surface area contributed by atoms with Crippen LogP contribution in [0.2, 0.25) is 5.02 Å². The third-order valence-electron chi connectivity index (χ3n) is 3.11. The predicted molar refractivity (Wildman–Crippen MR) is 81.4 cm³/mol. The maximum absolute atomic E-state index is 12.4. The molecule has 0 amide bonds. The predicted octanol–water partition coefficient (Wildman–Crippen LogP) is 3.69. The van der Waals surface area contributed by atoms with E-state index in [1.165, 1.54) is 6.07 Å². The molecule has 0 saturated carbocycles. The van der Waals surface area contributed by atoms with Gasteiger partial charge in [-0.3, -0.25) is 0 Å². The molecule has 5 heteroatoms. The van der Waals surface area contributed by atoms with Crippen LogP contribution >= 0.6 is 11.6 Å². The Morgan fingerprint density at radius 2 is 1.65 bits per heavy atom. The fourth-order valence-electron chi connectivity index (χ4n) is 2.09. The van der Waals surface area contributed by atoms with E-state index in [9.17, 15) is 8.42 Å². The summed E-state index contributed by atoms with van der Waals surface area (Å²) in [7, 11) is -3.64. The summed E-state index contributed by atoms with van der Waals surface area (Å²) in [6.45, 7) is 3.77. The van der Waals surface area contributed by atoms with E-state index in [1.807, 2.05) is 38.1 Å². The van der Waals surface area contributed by atoms with Crippen molar-refractivity contribution < 1.29 is 8.42 Å². The van der Waals surface area contributed by atoms with Crippen molar-refractivity contribution in [2.75, 3.05) is 0 Å². The molecule has 1 atom stereocenters. The first-order valence-corrected chi connectivity index (χ1v) is 8.10. The highest BCUT2D eigenvalue weighted by Gasteiger charge is 2.21. The number of sulfonamides is 1. The number of halogens is 1. The molecule has 0 aliphatic heterocycles. The Kier molecular flexibility index (Phi) is 4.48. The maximum Gasteiger partial charge on any atom is 0.242 e. The van der Waals surface area contributed by atoms with Gasteiger partial charge < -0.3 is 0 Å². The van der Waals surface area contributed by atoms with Crippen molar-refractivity contribution in [1.82, 2.24) is 4.72 Å². The van der Waals surface area contributed by atoms with Gasteiger partial charge in [-0.05, 0) is 37.1 Å². The molecular weight excluding hydrogens is 294 g/mol. The molecule has 20 heavy (non-hydrogen) atoms. The smallest absolute Gasteiger partial charge is 0.207 e. The number of nitrogens with one attached hydrogen (secondary N) is 1. The Bertz CT molecular complexity index is 713. The molecule has 0 saturated heterocycles. The molecule has 1 unspecified atom stereocenters. The second kappa shape index (κ2) is 5.95. The zero-order valence-corrected chi connectivity index (χ0v) is 12.9. The van der Waals surface area contributed by atoms with Crippen LogP contribution in [0.5, 0.6) is 0 Å². The normalized spacial score (nSPS) is 13.2. The van der Waals surface area contributed by atoms with Crippen molar-refractivity contribution in [2.24, 2.45) is 0 Å². The lowest BCUT2D eigenvalue weighted by Crippen LogP contribution is -2.27. The maximum atomic E-state index is 12.4. The van der Waals surface area contributed by atoms with Gasteiger partial charge in [0.1, 0.15) is 4.90 Å². The van der Waals surface area contributed by atoms with E-state index in [-0.39, 0.29) is 16.0 Å². The largest absolute Gasteiger partial charge is 0.242 e. The molecule has 0 aliphatic carbocycles. The molecule has 2 rings (SSSR count). The van der Waals surface area contributed by atoms with Crippen LogP contribution in [0.25, 0.3) is 0 Å². The fraction of sp³-hybridized carbons (Fsp3) is 0.200. The van der Waals surface area contributed by atoms with E-state index in [4.69, 9.17) is 11.6 Å². The molecule has 3 nitrogen and oxygen atoms in total. The van der Waals surface area contributed by atoms with Gasteiger partial charge in [-0.1, -0.05) is 48.0 Å². The molecule has 0 bridgehead atoms. The van der Waals surface area contributed by atoms with E-state index in [2.05, 4.69) is 4.72 Å². The van der Waals surface area contributed by atoms with Crippen LogP contribution in [0.1, 0.15) is 24.1 Å². The molecule has 0 aromatic heterocycles. The van der Waals surface area contributed by atoms with Crippen LogP contribution in [-0.4, -0.2) is 8.42 Å². The van der Waals surface area contributed by atoms with Crippen molar-refractivity contribution in [1.29, 1.82) is 0 Å². The second-order valence-electron chi connectivity index (χ2n) is 4.63. The minimum atomic E-state index is -3.64. The lowest BCUT2D eigenvalue weighted by atomic mass is 10.0. The Morgan fingerprint density at radius 3 is 2.30 bits per heavy atom. The topological polar surface area (TPSA) is 46.2 Å². The van der Waals surface area contributed by atoms with Crippen molar-refractivity contribution in [2.45, 2.75) is 24.8 Å². The van der Waals surface area contributed by atoms with Gasteiger partial charge in [-0.25, -0.2) is 13.1 Å². The minimum absolute atomic E-state index is 0.0992. The molecular formula is C15H16ClNO2S. The fourth-order valence-corrected chi connectivity index (χ4v) is 3.84. The summed E-state index contributed by atoms with van der Waals surface area (Å²) in [6, 6.07) is 13.8. The minimum Gasteiger partial charge on any atom is -0.207 e. The number of hydrogen-bond acceptors (Lipinski definition) is 2. The van der Waals surface area contributed by atoms with Gasteiger partial charge in [-0.15, -0.1) is 0 Å². The van der Waals surface area contributed by atoms with E-state index < -0.39 is 10.0 Å². The zero-order chi connectivity index (χ0) is 14.8. The molecule has 106 valence electrons. The van der Waals surface area contributed by atoms with Crippen molar-refractivity contribution >= 4 is 21.6 Å². The molecule has 0 radical (unpaired) electrons. The van der Waals surface area contributed by atoms with Crippen molar-refractivity contribution in [3.05, 3.63) is 64.7 Å². The van der Waals surface area contributed by atoms with Gasteiger partial charge in [-0.2, -0.15) is 0 Å². The first kappa shape index (κ1) is 15.0. The van der Waals surface area contributed by atoms with Gasteiger partial charge in [0.05, 0.1) is 5.02 Å². The van der Waals surface area contributed by atoms with Gasteiger partial charge in [0, 0.05) is 6.04 Å². The molecule has 1 N–H and O–H groups in total. The standard InChI is InChI=1S/C15H16ClNO2S/c1-11-7-3-4-8-13(11)12(2)17-20(18,19)15-10-6-5-9-14(15)16/h3-10,12,17H,1-2H3. The number of rotatable bonds is 4. The highest BCUT2D eigenvalue weighted by molar-refractivity contribution is 7.89. The Labute approximate surface area is 124 Å². The molecule has 0 spiro atoms. The summed E-state index contributed by atoms with van der Waals surface area (Å²) < 4.78 is 27.4. The summed E-state index contributed by atoms with van der Waals surface area (Å²) in [5.74, 6) is 0. The summed E-state index contributed by atoms with van der Waals surface area (Å²) >= 11 is 5.95. The van der Waals surface area contributed by atoms with Crippen LogP contribution in [0.15, 0.2) is 53.4 Å². The van der Waals surface area contributed by atoms with Crippen LogP contribution in [0.4, 0.5) is 0 Å². The summed E-state index contributed by atoms with van der Waals surface area (Å²) in [6.07, 6.45) is 0. The van der Waals surface area contributed by atoms with E-state index in [1.54, 1.807) is 18.2 Å². The summed E-state index contributed by atoms with van der Waals surface area (Å²) in [5.41, 5.74) is 1.99. The van der Waals surface area contributed by atoms with Crippen molar-refractivity contribution in [3.63, 3.8) is 0 Å². The Morgan fingerprint density at radius 1 is 1.05 bits per heavy atom. The third-order valence-corrected chi connectivity index (χ3v) is 5.15. The number of hydrogen-bond donors (Lipinski definition) is 1. The Hall–Kier alpha value is -1.36. The van der Waals surface area contributed by atoms with Crippen LogP contribution in [0.3, 0.4) is 0 Å². The van der Waals surface area contributed by atoms with E-state index >= 15 is 0 Å². The van der Waals surface area contributed by atoms with E-state index in [0.29, 0.717) is 0 Å². The molecule has 2 aromatic carbocycles. The second-order valence-corrected chi connectivity index (χ2v) is 6.72. The lowest BCUT2D eigenvalue weighted by Gasteiger charge is -2.17. The SMILES string of the molecule is Cc1ccccc1C(C)NS(=O)(=O)c1ccccc1Cl. The van der Waals surface area contributed by atoms with Gasteiger partial charge >= 0.3 is 0 Å². The Balaban J connectivity index is 2.30. The quantitative estimate of drug-likeness (QED) is 0.936. The zero-order valence-electron chi connectivity index (χ0n) is 11.3. The first-order chi connectivity index (χ1) is 9.42. The lowest BCUT2D eigenvalue weighted by molar-refractivity contribution is 0.566. The van der Waals surface area contributed by atoms with Crippen molar-refractivity contribution in [3.8, 4) is 0 Å². The monoisotopic (exact) mass is 309 g/mol. The molecule has 0 aliphatic rings. The van der Waals surface area contributed by atoms with Crippen LogP contribution < -0.4 is 4.72 Å². The van der Waals surface area contributed by atoms with Gasteiger partial charge in [0.25, 0.3) is 0 Å². The summed E-state index contributed by atoms with van der Waals surface area (Å²) in [5, 5.41) is 0.219. The average molecular weight is 310 g/mol. The third kappa shape index (κ3) is 3.20. The van der Waals surface area contributed by atoms with E-state index in [0.717, 1.165) is 11.1 Å². The molecule has 0 fully saturated rings. The van der Waals surface area contributed by atoms with Crippen LogP contribution in [0, 0.1) is 6.92 Å². The van der Waals surface area contributed by atoms with Gasteiger partial charge in [0.2, 0.25) is 10.0 Å². The molecule has 2 aromatic rings. The van der Waals surface area contributed by atoms with Crippen LogP contribution in [-0.2, 0) is 10.0 Å². The van der Waals surface area contributed by atoms with Gasteiger partial charge in [0.15, 0.2) is 0 Å². The summed E-state index contributed by atoms with van der Waals surface area (Å²) in [4.78, 5) is 0.0992. The highest BCUT2D eigenvalue weighted by Crippen LogP contribution is 2.24. The average Bonchev–Trinajstić information content (AvgIpc) is 2.38. The number of benzene rings is 2. The number of aryl methyl sites for hydroxylation is 1. The highest BCUT2D eigenvalue weighted by atomic mass is 35.5. The first-order valence-electron chi connectivity index (χ1n) is 6.24. The molecule has 0 heterocycles.